The van der Waals surface area contributed by atoms with Crippen LogP contribution in [0, 0.1) is 23.5 Å². The summed E-state index contributed by atoms with van der Waals surface area (Å²) >= 11 is 3.02. The Morgan fingerprint density at radius 2 is 1.80 bits per heavy atom. The molecule has 0 spiro atoms. The zero-order valence-electron chi connectivity index (χ0n) is 11.8. The minimum absolute atomic E-state index is 0.0128. The predicted octanol–water partition coefficient (Wildman–Crippen LogP) is 4.23. The first kappa shape index (κ1) is 15.4. The van der Waals surface area contributed by atoms with Crippen LogP contribution in [-0.2, 0) is 0 Å². The summed E-state index contributed by atoms with van der Waals surface area (Å²) in [5.41, 5.74) is -0.457. The molecule has 2 nitrogen and oxygen atoms in total. The Kier molecular flexibility index (Phi) is 4.47. The van der Waals surface area contributed by atoms with E-state index in [1.165, 1.54) is 0 Å². The first-order valence-electron chi connectivity index (χ1n) is 6.76. The van der Waals surface area contributed by atoms with Crippen molar-refractivity contribution in [3.8, 4) is 0 Å². The molecule has 5 heteroatoms. The van der Waals surface area contributed by atoms with Gasteiger partial charge in [-0.05, 0) is 37.3 Å². The van der Waals surface area contributed by atoms with Crippen molar-refractivity contribution in [3.05, 3.63) is 33.8 Å². The summed E-state index contributed by atoms with van der Waals surface area (Å²) in [4.78, 5) is 14.1. The second kappa shape index (κ2) is 5.80. The molecule has 110 valence electrons. The fraction of sp³-hybridized carbons (Fsp3) is 0.533. The number of carbonyl (C=O) groups is 1. The standard InChI is InChI=1S/C15H18BrF2NO/c1-8-4-9(2)10(3)19(7-8)15(20)14-12(17)5-11(16)6-13(14)18/h5-6,8-10H,4,7H2,1-3H3. The van der Waals surface area contributed by atoms with Crippen molar-refractivity contribution in [2.45, 2.75) is 33.2 Å². The molecular formula is C15H18BrF2NO. The molecule has 0 aliphatic carbocycles. The number of hydrogen-bond donors (Lipinski definition) is 0. The maximum absolute atomic E-state index is 13.9. The van der Waals surface area contributed by atoms with Crippen LogP contribution in [-0.4, -0.2) is 23.4 Å². The minimum atomic E-state index is -0.819. The molecule has 2 rings (SSSR count). The number of amides is 1. The molecule has 1 aliphatic rings. The van der Waals surface area contributed by atoms with Gasteiger partial charge in [0.1, 0.15) is 17.2 Å². The average molecular weight is 346 g/mol. The highest BCUT2D eigenvalue weighted by Gasteiger charge is 2.34. The second-order valence-electron chi connectivity index (χ2n) is 5.76. The van der Waals surface area contributed by atoms with Crippen molar-refractivity contribution < 1.29 is 13.6 Å². The van der Waals surface area contributed by atoms with Gasteiger partial charge in [0, 0.05) is 17.1 Å². The Morgan fingerprint density at radius 1 is 1.25 bits per heavy atom. The van der Waals surface area contributed by atoms with Crippen LogP contribution in [0.25, 0.3) is 0 Å². The Hall–Kier alpha value is -0.970. The lowest BCUT2D eigenvalue weighted by Gasteiger charge is -2.41. The van der Waals surface area contributed by atoms with Crippen LogP contribution in [0.3, 0.4) is 0 Å². The van der Waals surface area contributed by atoms with Crippen molar-refractivity contribution in [3.63, 3.8) is 0 Å². The Labute approximate surface area is 126 Å². The van der Waals surface area contributed by atoms with Crippen LogP contribution in [0.4, 0.5) is 8.78 Å². The summed E-state index contributed by atoms with van der Waals surface area (Å²) < 4.78 is 28.1. The number of hydrogen-bond acceptors (Lipinski definition) is 1. The SMILES string of the molecule is CC1CC(C)C(C)N(C(=O)c2c(F)cc(Br)cc2F)C1. The maximum atomic E-state index is 13.9. The monoisotopic (exact) mass is 345 g/mol. The largest absolute Gasteiger partial charge is 0.335 e. The summed E-state index contributed by atoms with van der Waals surface area (Å²) in [6.07, 6.45) is 1.02. The number of piperidine rings is 1. The lowest BCUT2D eigenvalue weighted by Crippen LogP contribution is -2.49. The number of nitrogens with zero attached hydrogens (tertiary/aromatic N) is 1. The molecule has 1 aromatic rings. The van der Waals surface area contributed by atoms with Gasteiger partial charge in [0.2, 0.25) is 0 Å². The van der Waals surface area contributed by atoms with E-state index in [9.17, 15) is 13.6 Å². The molecule has 1 fully saturated rings. The number of rotatable bonds is 1. The van der Waals surface area contributed by atoms with Crippen molar-refractivity contribution in [2.75, 3.05) is 6.54 Å². The molecule has 0 bridgehead atoms. The average Bonchev–Trinajstić information content (AvgIpc) is 2.32. The Balaban J connectivity index is 2.36. The first-order chi connectivity index (χ1) is 9.31. The third kappa shape index (κ3) is 2.87. The molecule has 0 N–H and O–H groups in total. The van der Waals surface area contributed by atoms with E-state index >= 15 is 0 Å². The van der Waals surface area contributed by atoms with E-state index in [0.29, 0.717) is 18.4 Å². The van der Waals surface area contributed by atoms with Gasteiger partial charge < -0.3 is 4.90 Å². The highest BCUT2D eigenvalue weighted by atomic mass is 79.9. The van der Waals surface area contributed by atoms with E-state index in [-0.39, 0.29) is 10.5 Å². The van der Waals surface area contributed by atoms with Gasteiger partial charge in [-0.1, -0.05) is 29.8 Å². The quantitative estimate of drug-likeness (QED) is 0.745. The summed E-state index contributed by atoms with van der Waals surface area (Å²) in [5.74, 6) is -1.53. The molecule has 1 aromatic carbocycles. The predicted molar refractivity (Wildman–Crippen MR) is 77.5 cm³/mol. The van der Waals surface area contributed by atoms with Crippen LogP contribution in [0.1, 0.15) is 37.6 Å². The lowest BCUT2D eigenvalue weighted by atomic mass is 9.85. The maximum Gasteiger partial charge on any atom is 0.260 e. The van der Waals surface area contributed by atoms with Gasteiger partial charge in [0.15, 0.2) is 0 Å². The molecule has 0 aromatic heterocycles. The van der Waals surface area contributed by atoms with Gasteiger partial charge in [0.25, 0.3) is 5.91 Å². The van der Waals surface area contributed by atoms with Gasteiger partial charge in [-0.2, -0.15) is 0 Å². The number of benzene rings is 1. The highest BCUT2D eigenvalue weighted by Crippen LogP contribution is 2.29. The summed E-state index contributed by atoms with van der Waals surface area (Å²) in [7, 11) is 0. The molecule has 3 unspecified atom stereocenters. The molecule has 1 heterocycles. The van der Waals surface area contributed by atoms with Gasteiger partial charge in [-0.25, -0.2) is 8.78 Å². The van der Waals surface area contributed by atoms with E-state index in [4.69, 9.17) is 0 Å². The van der Waals surface area contributed by atoms with Crippen molar-refractivity contribution in [2.24, 2.45) is 11.8 Å². The fourth-order valence-corrected chi connectivity index (χ4v) is 3.28. The number of carbonyl (C=O) groups excluding carboxylic acids is 1. The molecule has 0 radical (unpaired) electrons. The fourth-order valence-electron chi connectivity index (χ4n) is 2.87. The highest BCUT2D eigenvalue weighted by molar-refractivity contribution is 9.10. The van der Waals surface area contributed by atoms with E-state index in [2.05, 4.69) is 29.8 Å². The van der Waals surface area contributed by atoms with Gasteiger partial charge in [-0.3, -0.25) is 4.79 Å². The van der Waals surface area contributed by atoms with Crippen LogP contribution in [0.15, 0.2) is 16.6 Å². The van der Waals surface area contributed by atoms with Gasteiger partial charge in [0.05, 0.1) is 0 Å². The Morgan fingerprint density at radius 3 is 2.35 bits per heavy atom. The smallest absolute Gasteiger partial charge is 0.260 e. The molecular weight excluding hydrogens is 328 g/mol. The minimum Gasteiger partial charge on any atom is -0.335 e. The first-order valence-corrected chi connectivity index (χ1v) is 7.56. The Bertz CT molecular complexity index is 512. The van der Waals surface area contributed by atoms with Gasteiger partial charge >= 0.3 is 0 Å². The topological polar surface area (TPSA) is 20.3 Å². The molecule has 3 atom stereocenters. The lowest BCUT2D eigenvalue weighted by molar-refractivity contribution is 0.0446. The summed E-state index contributed by atoms with van der Waals surface area (Å²) in [6, 6.07) is 2.23. The zero-order chi connectivity index (χ0) is 15.0. The normalized spacial score (nSPS) is 26.7. The van der Waals surface area contributed by atoms with E-state index in [0.717, 1.165) is 18.6 Å². The van der Waals surface area contributed by atoms with Crippen molar-refractivity contribution >= 4 is 21.8 Å². The number of halogens is 3. The molecule has 0 saturated carbocycles. The molecule has 1 saturated heterocycles. The zero-order valence-corrected chi connectivity index (χ0v) is 13.4. The van der Waals surface area contributed by atoms with Crippen LogP contribution < -0.4 is 0 Å². The van der Waals surface area contributed by atoms with Crippen LogP contribution >= 0.6 is 15.9 Å². The number of likely N-dealkylation sites (tertiary alicyclic amines) is 1. The van der Waals surface area contributed by atoms with Crippen LogP contribution in [0.2, 0.25) is 0 Å². The third-order valence-electron chi connectivity index (χ3n) is 4.08. The van der Waals surface area contributed by atoms with E-state index in [1.54, 1.807) is 4.90 Å². The molecule has 1 amide bonds. The van der Waals surface area contributed by atoms with E-state index < -0.39 is 23.1 Å². The molecule has 20 heavy (non-hydrogen) atoms. The molecule has 1 aliphatic heterocycles. The van der Waals surface area contributed by atoms with Crippen molar-refractivity contribution in [1.82, 2.24) is 4.90 Å². The second-order valence-corrected chi connectivity index (χ2v) is 6.68. The van der Waals surface area contributed by atoms with Crippen molar-refractivity contribution in [1.29, 1.82) is 0 Å². The summed E-state index contributed by atoms with van der Waals surface area (Å²) in [6.45, 7) is 6.59. The van der Waals surface area contributed by atoms with Gasteiger partial charge in [-0.15, -0.1) is 0 Å². The van der Waals surface area contributed by atoms with Crippen LogP contribution in [0.5, 0.6) is 0 Å². The third-order valence-corrected chi connectivity index (χ3v) is 4.54. The van der Waals surface area contributed by atoms with E-state index in [1.807, 2.05) is 6.92 Å². The summed E-state index contributed by atoms with van der Waals surface area (Å²) in [5, 5.41) is 0.